The number of nitro groups is 1. The second kappa shape index (κ2) is 9.10. The van der Waals surface area contributed by atoms with Gasteiger partial charge in [0.25, 0.3) is 16.8 Å². The summed E-state index contributed by atoms with van der Waals surface area (Å²) in [5.41, 5.74) is 4.71. The van der Waals surface area contributed by atoms with E-state index in [2.05, 4.69) is 50.8 Å². The summed E-state index contributed by atoms with van der Waals surface area (Å²) >= 11 is 0.893. The Hall–Kier alpha value is -3.39. The van der Waals surface area contributed by atoms with Gasteiger partial charge in [0.1, 0.15) is 0 Å². The van der Waals surface area contributed by atoms with Crippen LogP contribution in [0.4, 0.5) is 16.2 Å². The third-order valence-corrected chi connectivity index (χ3v) is 6.99. The summed E-state index contributed by atoms with van der Waals surface area (Å²) in [5, 5.41) is 10.6. The van der Waals surface area contributed by atoms with Gasteiger partial charge >= 0.3 is 0 Å². The van der Waals surface area contributed by atoms with Gasteiger partial charge in [-0.2, -0.15) is 0 Å². The largest absolute Gasteiger partial charge is 0.362 e. The first-order valence-electron chi connectivity index (χ1n) is 11.2. The average molecular weight is 478 g/mol. The lowest BCUT2D eigenvalue weighted by Gasteiger charge is -2.43. The van der Waals surface area contributed by atoms with Gasteiger partial charge in [-0.15, -0.1) is 0 Å². The van der Waals surface area contributed by atoms with E-state index in [1.807, 2.05) is 6.07 Å². The van der Waals surface area contributed by atoms with Gasteiger partial charge in [0.15, 0.2) is 0 Å². The number of carbonyl (C=O) groups is 2. The van der Waals surface area contributed by atoms with E-state index in [-0.39, 0.29) is 28.9 Å². The van der Waals surface area contributed by atoms with E-state index in [1.165, 1.54) is 23.4 Å². The topological polar surface area (TPSA) is 83.8 Å². The van der Waals surface area contributed by atoms with Gasteiger partial charge in [0.05, 0.1) is 21.9 Å². The Balaban J connectivity index is 1.60. The van der Waals surface area contributed by atoms with Crippen LogP contribution in [0.1, 0.15) is 50.8 Å². The van der Waals surface area contributed by atoms with Crippen LogP contribution >= 0.6 is 11.8 Å². The highest BCUT2D eigenvalue weighted by molar-refractivity contribution is 8.18. The minimum atomic E-state index is -0.494. The average Bonchev–Trinajstić information content (AvgIpc) is 3.04. The molecule has 176 valence electrons. The smallest absolute Gasteiger partial charge is 0.293 e. The van der Waals surface area contributed by atoms with Crippen LogP contribution in [-0.4, -0.2) is 33.1 Å². The Labute approximate surface area is 203 Å². The van der Waals surface area contributed by atoms with Crippen LogP contribution in [0.25, 0.3) is 11.6 Å². The number of benzene rings is 2. The second-order valence-electron chi connectivity index (χ2n) is 9.10. The summed E-state index contributed by atoms with van der Waals surface area (Å²) in [6, 6.07) is 12.1. The Bertz CT molecular complexity index is 1250. The molecule has 2 amide bonds. The molecule has 2 heterocycles. The van der Waals surface area contributed by atoms with Crippen molar-refractivity contribution in [2.75, 3.05) is 11.4 Å². The third kappa shape index (κ3) is 4.50. The normalized spacial score (nSPS) is 18.4. The van der Waals surface area contributed by atoms with Crippen LogP contribution in [0.15, 0.2) is 53.4 Å². The van der Waals surface area contributed by atoms with Crippen molar-refractivity contribution in [2.45, 2.75) is 46.2 Å². The summed E-state index contributed by atoms with van der Waals surface area (Å²) in [7, 11) is 0. The van der Waals surface area contributed by atoms with Crippen molar-refractivity contribution in [3.63, 3.8) is 0 Å². The van der Waals surface area contributed by atoms with E-state index >= 15 is 0 Å². The van der Waals surface area contributed by atoms with Gasteiger partial charge in [0.2, 0.25) is 0 Å². The van der Waals surface area contributed by atoms with Gasteiger partial charge in [-0.3, -0.25) is 24.6 Å². The second-order valence-corrected chi connectivity index (χ2v) is 10.1. The number of amides is 2. The van der Waals surface area contributed by atoms with Crippen molar-refractivity contribution in [1.29, 1.82) is 0 Å². The monoisotopic (exact) mass is 477 g/mol. The maximum absolute atomic E-state index is 13.0. The zero-order valence-corrected chi connectivity index (χ0v) is 20.5. The van der Waals surface area contributed by atoms with Crippen molar-refractivity contribution in [3.05, 3.63) is 80.3 Å². The number of thioether (sulfide) groups is 1. The minimum Gasteiger partial charge on any atom is -0.362 e. The molecular formula is C26H27N3O4S. The molecule has 2 aliphatic heterocycles. The molecule has 1 saturated heterocycles. The quantitative estimate of drug-likeness (QED) is 0.278. The fraction of sp³-hybridized carbons (Fsp3) is 0.308. The first-order chi connectivity index (χ1) is 16.1. The summed E-state index contributed by atoms with van der Waals surface area (Å²) in [6.45, 7) is 9.62. The minimum absolute atomic E-state index is 0.00319. The first kappa shape index (κ1) is 23.8. The zero-order valence-electron chi connectivity index (χ0n) is 19.7. The summed E-state index contributed by atoms with van der Waals surface area (Å²) in [6.07, 6.45) is 5.05. The molecule has 0 radical (unpaired) electrons. The highest BCUT2D eigenvalue weighted by Crippen LogP contribution is 2.40. The molecule has 8 heteroatoms. The first-order valence-corrected chi connectivity index (χ1v) is 12.0. The van der Waals surface area contributed by atoms with Gasteiger partial charge < -0.3 is 4.90 Å². The number of non-ortho nitro benzene ring substituents is 1. The Morgan fingerprint density at radius 3 is 2.62 bits per heavy atom. The highest BCUT2D eigenvalue weighted by atomic mass is 32.2. The number of imide groups is 1. The van der Waals surface area contributed by atoms with Crippen molar-refractivity contribution in [2.24, 2.45) is 0 Å². The fourth-order valence-electron chi connectivity index (χ4n) is 4.56. The standard InChI is InChI=1S/C26H27N3O4S/c1-5-11-28-22-10-9-18(13-21(22)17(2)15-26(28,3)4)14-23-24(30)27(25(31)34-23)16-19-7-6-8-20(12-19)29(32)33/h6-10,12-15H,5,11,16H2,1-4H3/b23-14+. The molecule has 0 unspecified atom stereocenters. The van der Waals surface area contributed by atoms with Crippen LogP contribution in [-0.2, 0) is 11.3 Å². The Kier molecular flexibility index (Phi) is 6.36. The number of anilines is 1. The molecule has 0 aromatic heterocycles. The maximum Gasteiger partial charge on any atom is 0.293 e. The van der Waals surface area contributed by atoms with E-state index in [1.54, 1.807) is 18.2 Å². The lowest BCUT2D eigenvalue weighted by Crippen LogP contribution is -2.45. The van der Waals surface area contributed by atoms with E-state index in [4.69, 9.17) is 0 Å². The Morgan fingerprint density at radius 1 is 1.15 bits per heavy atom. The molecule has 7 nitrogen and oxygen atoms in total. The molecule has 0 aliphatic carbocycles. The molecule has 34 heavy (non-hydrogen) atoms. The molecule has 4 rings (SSSR count). The molecule has 2 aliphatic rings. The third-order valence-electron chi connectivity index (χ3n) is 6.08. The van der Waals surface area contributed by atoms with Crippen molar-refractivity contribution in [1.82, 2.24) is 4.90 Å². The highest BCUT2D eigenvalue weighted by Gasteiger charge is 2.35. The van der Waals surface area contributed by atoms with Crippen LogP contribution in [0.3, 0.4) is 0 Å². The van der Waals surface area contributed by atoms with Crippen LogP contribution < -0.4 is 4.90 Å². The summed E-state index contributed by atoms with van der Waals surface area (Å²) < 4.78 is 0. The SMILES string of the molecule is CCCN1c2ccc(/C=C3/SC(=O)N(Cc4cccc([N+](=O)[O-])c4)C3=O)cc2C(C)=CC1(C)C. The van der Waals surface area contributed by atoms with Gasteiger partial charge in [-0.05, 0) is 73.9 Å². The number of rotatable bonds is 6. The predicted molar refractivity (Wildman–Crippen MR) is 136 cm³/mol. The molecule has 2 aromatic carbocycles. The van der Waals surface area contributed by atoms with E-state index in [0.717, 1.165) is 40.8 Å². The van der Waals surface area contributed by atoms with Crippen molar-refractivity contribution < 1.29 is 14.5 Å². The van der Waals surface area contributed by atoms with Crippen LogP contribution in [0.5, 0.6) is 0 Å². The van der Waals surface area contributed by atoms with Gasteiger partial charge in [-0.25, -0.2) is 0 Å². The molecule has 2 aromatic rings. The van der Waals surface area contributed by atoms with Crippen molar-refractivity contribution in [3.8, 4) is 0 Å². The Morgan fingerprint density at radius 2 is 1.91 bits per heavy atom. The molecular weight excluding hydrogens is 450 g/mol. The zero-order chi connectivity index (χ0) is 24.6. The van der Waals surface area contributed by atoms with Gasteiger partial charge in [0, 0.05) is 29.9 Å². The number of nitro benzene ring substituents is 1. The number of hydrogen-bond donors (Lipinski definition) is 0. The fourth-order valence-corrected chi connectivity index (χ4v) is 5.40. The van der Waals surface area contributed by atoms with E-state index < -0.39 is 4.92 Å². The maximum atomic E-state index is 13.0. The number of fused-ring (bicyclic) bond motifs is 1. The summed E-state index contributed by atoms with van der Waals surface area (Å²) in [4.78, 5) is 39.9. The lowest BCUT2D eigenvalue weighted by atomic mass is 9.88. The molecule has 0 saturated carbocycles. The summed E-state index contributed by atoms with van der Waals surface area (Å²) in [5.74, 6) is -0.389. The lowest BCUT2D eigenvalue weighted by molar-refractivity contribution is -0.384. The molecule has 1 fully saturated rings. The van der Waals surface area contributed by atoms with E-state index in [0.29, 0.717) is 10.5 Å². The van der Waals surface area contributed by atoms with Crippen LogP contribution in [0, 0.1) is 10.1 Å². The molecule has 0 N–H and O–H groups in total. The van der Waals surface area contributed by atoms with E-state index in [9.17, 15) is 19.7 Å². The number of allylic oxidation sites excluding steroid dienone is 1. The molecule has 0 atom stereocenters. The number of hydrogen-bond acceptors (Lipinski definition) is 6. The number of carbonyl (C=O) groups excluding carboxylic acids is 2. The predicted octanol–water partition coefficient (Wildman–Crippen LogP) is 6.24. The number of nitrogens with zero attached hydrogens (tertiary/aromatic N) is 3. The molecule has 0 bridgehead atoms. The van der Waals surface area contributed by atoms with Gasteiger partial charge in [-0.1, -0.05) is 31.2 Å². The van der Waals surface area contributed by atoms with Crippen molar-refractivity contribution >= 4 is 45.9 Å². The molecule has 0 spiro atoms. The van der Waals surface area contributed by atoms with Crippen LogP contribution in [0.2, 0.25) is 0 Å².